The number of benzene rings is 2. The van der Waals surface area contributed by atoms with Gasteiger partial charge in [-0.05, 0) is 37.7 Å². The van der Waals surface area contributed by atoms with Gasteiger partial charge in [-0.15, -0.1) is 0 Å². The van der Waals surface area contributed by atoms with E-state index in [1.807, 2.05) is 50.4 Å². The summed E-state index contributed by atoms with van der Waals surface area (Å²) in [5.41, 5.74) is 3.99. The third kappa shape index (κ3) is 3.54. The van der Waals surface area contributed by atoms with Gasteiger partial charge in [0.1, 0.15) is 0 Å². The van der Waals surface area contributed by atoms with E-state index < -0.39 is 0 Å². The molecule has 0 aliphatic carbocycles. The van der Waals surface area contributed by atoms with Crippen LogP contribution in [0.2, 0.25) is 0 Å². The van der Waals surface area contributed by atoms with Crippen molar-refractivity contribution in [2.75, 3.05) is 7.05 Å². The first-order valence-electron chi connectivity index (χ1n) is 7.58. The zero-order chi connectivity index (χ0) is 16.4. The van der Waals surface area contributed by atoms with Crippen LogP contribution in [0.1, 0.15) is 16.8 Å². The summed E-state index contributed by atoms with van der Waals surface area (Å²) < 4.78 is 0.919. The van der Waals surface area contributed by atoms with Crippen LogP contribution in [0.4, 0.5) is 0 Å². The molecule has 0 spiro atoms. The summed E-state index contributed by atoms with van der Waals surface area (Å²) in [6, 6.07) is 16.1. The van der Waals surface area contributed by atoms with Crippen LogP contribution < -0.4 is 5.43 Å². The lowest BCUT2D eigenvalue weighted by Crippen LogP contribution is -2.24. The Labute approximate surface area is 144 Å². The monoisotopic (exact) mass is 370 g/mol. The lowest BCUT2D eigenvalue weighted by molar-refractivity contribution is 0.317. The molecular weight excluding hydrogens is 352 g/mol. The summed E-state index contributed by atoms with van der Waals surface area (Å²) in [6.45, 7) is 3.41. The highest BCUT2D eigenvalue weighted by molar-refractivity contribution is 9.10. The largest absolute Gasteiger partial charge is 0.358 e. The Hall–Kier alpha value is -1.91. The van der Waals surface area contributed by atoms with Gasteiger partial charge >= 0.3 is 0 Å². The molecule has 3 rings (SSSR count). The number of nitrogens with zero attached hydrogens (tertiary/aromatic N) is 1. The fraction of sp³-hybridized carbons (Fsp3) is 0.211. The molecule has 1 aromatic heterocycles. The van der Waals surface area contributed by atoms with Gasteiger partial charge in [-0.1, -0.05) is 46.3 Å². The van der Waals surface area contributed by atoms with Gasteiger partial charge in [0.05, 0.1) is 0 Å². The number of hydrogen-bond donors (Lipinski definition) is 1. The lowest BCUT2D eigenvalue weighted by Gasteiger charge is -2.18. The Morgan fingerprint density at radius 2 is 1.83 bits per heavy atom. The van der Waals surface area contributed by atoms with E-state index in [1.54, 1.807) is 0 Å². The lowest BCUT2D eigenvalue weighted by atomic mass is 10.1. The first-order valence-corrected chi connectivity index (χ1v) is 8.37. The predicted octanol–water partition coefficient (Wildman–Crippen LogP) is 4.23. The number of halogens is 1. The molecule has 3 nitrogen and oxygen atoms in total. The van der Waals surface area contributed by atoms with Crippen molar-refractivity contribution in [2.24, 2.45) is 0 Å². The second kappa shape index (κ2) is 6.69. The van der Waals surface area contributed by atoms with Crippen LogP contribution in [-0.2, 0) is 13.1 Å². The number of hydrogen-bond acceptors (Lipinski definition) is 2. The number of rotatable bonds is 4. The first-order chi connectivity index (χ1) is 11.0. The molecule has 0 amide bonds. The van der Waals surface area contributed by atoms with E-state index >= 15 is 0 Å². The fourth-order valence-corrected chi connectivity index (χ4v) is 3.20. The summed E-state index contributed by atoms with van der Waals surface area (Å²) in [6.07, 6.45) is 0. The van der Waals surface area contributed by atoms with E-state index in [-0.39, 0.29) is 5.43 Å². The molecule has 0 fully saturated rings. The van der Waals surface area contributed by atoms with Crippen LogP contribution in [0.5, 0.6) is 0 Å². The molecule has 3 aromatic rings. The highest BCUT2D eigenvalue weighted by Gasteiger charge is 2.12. The molecule has 23 heavy (non-hydrogen) atoms. The zero-order valence-electron chi connectivity index (χ0n) is 13.3. The minimum Gasteiger partial charge on any atom is -0.358 e. The van der Waals surface area contributed by atoms with Crippen molar-refractivity contribution in [3.8, 4) is 0 Å². The van der Waals surface area contributed by atoms with E-state index in [0.717, 1.165) is 33.2 Å². The van der Waals surface area contributed by atoms with Crippen LogP contribution in [-0.4, -0.2) is 16.9 Å². The van der Waals surface area contributed by atoms with E-state index in [9.17, 15) is 4.79 Å². The third-order valence-electron chi connectivity index (χ3n) is 4.00. The number of nitrogens with one attached hydrogen (secondary N) is 1. The van der Waals surface area contributed by atoms with Crippen molar-refractivity contribution in [2.45, 2.75) is 20.0 Å². The second-order valence-corrected chi connectivity index (χ2v) is 6.82. The molecular formula is C19H19BrN2O. The smallest absolute Gasteiger partial charge is 0.194 e. The molecule has 1 heterocycles. The SMILES string of the molecule is Cc1[nH]c2ccc(Br)cc2c(=O)c1CN(C)Cc1ccccc1. The van der Waals surface area contributed by atoms with Crippen molar-refractivity contribution in [3.05, 3.63) is 80.0 Å². The summed E-state index contributed by atoms with van der Waals surface area (Å²) in [5, 5.41) is 0.730. The quantitative estimate of drug-likeness (QED) is 0.745. The average Bonchev–Trinajstić information content (AvgIpc) is 2.53. The Kier molecular flexibility index (Phi) is 4.64. The second-order valence-electron chi connectivity index (χ2n) is 5.91. The van der Waals surface area contributed by atoms with Crippen molar-refractivity contribution in [3.63, 3.8) is 0 Å². The molecule has 0 radical (unpaired) electrons. The summed E-state index contributed by atoms with van der Waals surface area (Å²) in [5.74, 6) is 0. The van der Waals surface area contributed by atoms with Crippen molar-refractivity contribution >= 4 is 26.8 Å². The van der Waals surface area contributed by atoms with E-state index in [1.165, 1.54) is 5.56 Å². The maximum absolute atomic E-state index is 12.8. The van der Waals surface area contributed by atoms with Crippen molar-refractivity contribution in [1.82, 2.24) is 9.88 Å². The molecule has 0 aliphatic heterocycles. The number of aromatic nitrogens is 1. The summed E-state index contributed by atoms with van der Waals surface area (Å²) in [4.78, 5) is 18.3. The third-order valence-corrected chi connectivity index (χ3v) is 4.49. The van der Waals surface area contributed by atoms with Crippen LogP contribution in [0.3, 0.4) is 0 Å². The summed E-state index contributed by atoms with van der Waals surface area (Å²) in [7, 11) is 2.04. The van der Waals surface area contributed by atoms with Gasteiger partial charge in [0, 0.05) is 39.7 Å². The van der Waals surface area contributed by atoms with Crippen LogP contribution >= 0.6 is 15.9 Å². The number of fused-ring (bicyclic) bond motifs is 1. The van der Waals surface area contributed by atoms with E-state index in [0.29, 0.717) is 6.54 Å². The first kappa shape index (κ1) is 16.0. The van der Waals surface area contributed by atoms with Crippen LogP contribution in [0.15, 0.2) is 57.8 Å². The van der Waals surface area contributed by atoms with Gasteiger partial charge in [0.2, 0.25) is 0 Å². The molecule has 0 bridgehead atoms. The average molecular weight is 371 g/mol. The maximum atomic E-state index is 12.8. The molecule has 0 saturated carbocycles. The molecule has 0 unspecified atom stereocenters. The number of aryl methyl sites for hydroxylation is 1. The van der Waals surface area contributed by atoms with E-state index in [2.05, 4.69) is 37.9 Å². The maximum Gasteiger partial charge on any atom is 0.194 e. The molecule has 0 saturated heterocycles. The Morgan fingerprint density at radius 3 is 2.57 bits per heavy atom. The highest BCUT2D eigenvalue weighted by Crippen LogP contribution is 2.18. The number of aromatic amines is 1. The van der Waals surface area contributed by atoms with Gasteiger partial charge in [0.25, 0.3) is 0 Å². The molecule has 118 valence electrons. The molecule has 2 aromatic carbocycles. The topological polar surface area (TPSA) is 36.1 Å². The Balaban J connectivity index is 1.92. The summed E-state index contributed by atoms with van der Waals surface area (Å²) >= 11 is 3.44. The zero-order valence-corrected chi connectivity index (χ0v) is 14.9. The standard InChI is InChI=1S/C19H19BrN2O/c1-13-17(12-22(2)11-14-6-4-3-5-7-14)19(23)16-10-15(20)8-9-18(16)21-13/h3-10H,11-12H2,1-2H3,(H,21,23). The van der Waals surface area contributed by atoms with Crippen LogP contribution in [0, 0.1) is 6.92 Å². The Bertz CT molecular complexity index is 887. The van der Waals surface area contributed by atoms with Crippen LogP contribution in [0.25, 0.3) is 10.9 Å². The fourth-order valence-electron chi connectivity index (χ4n) is 2.83. The predicted molar refractivity (Wildman–Crippen MR) is 98.6 cm³/mol. The van der Waals surface area contributed by atoms with Gasteiger partial charge in [0.15, 0.2) is 5.43 Å². The Morgan fingerprint density at radius 1 is 1.09 bits per heavy atom. The number of H-pyrrole nitrogens is 1. The van der Waals surface area contributed by atoms with Gasteiger partial charge in [-0.2, -0.15) is 0 Å². The normalized spacial score (nSPS) is 11.3. The van der Waals surface area contributed by atoms with Gasteiger partial charge in [-0.3, -0.25) is 9.69 Å². The van der Waals surface area contributed by atoms with Crippen molar-refractivity contribution in [1.29, 1.82) is 0 Å². The highest BCUT2D eigenvalue weighted by atomic mass is 79.9. The molecule has 1 N–H and O–H groups in total. The molecule has 0 atom stereocenters. The van der Waals surface area contributed by atoms with Crippen molar-refractivity contribution < 1.29 is 0 Å². The van der Waals surface area contributed by atoms with E-state index in [4.69, 9.17) is 0 Å². The molecule has 0 aliphatic rings. The van der Waals surface area contributed by atoms with Gasteiger partial charge < -0.3 is 4.98 Å². The number of pyridine rings is 1. The van der Waals surface area contributed by atoms with Gasteiger partial charge in [-0.25, -0.2) is 0 Å². The molecule has 4 heteroatoms. The minimum atomic E-state index is 0.109. The minimum absolute atomic E-state index is 0.109.